The number of hydrogen-bond donors (Lipinski definition) is 12. The molecule has 1 amide bonds. The van der Waals surface area contributed by atoms with Crippen LogP contribution in [0, 0.1) is 0 Å². The van der Waals surface area contributed by atoms with Crippen LogP contribution in [-0.4, -0.2) is 193 Å². The van der Waals surface area contributed by atoms with E-state index in [9.17, 15) is 61.0 Å². The smallest absolute Gasteiger partial charge is 0.220 e. The summed E-state index contributed by atoms with van der Waals surface area (Å²) in [5.41, 5.74) is 0. The van der Waals surface area contributed by atoms with E-state index in [0.717, 1.165) is 44.9 Å². The molecule has 3 saturated heterocycles. The number of hydrogen-bond acceptors (Lipinski definition) is 18. The summed E-state index contributed by atoms with van der Waals surface area (Å²) >= 11 is 0. The van der Waals surface area contributed by atoms with Crippen LogP contribution in [0.3, 0.4) is 0 Å². The Morgan fingerprint density at radius 2 is 0.688 bits per heavy atom. The lowest BCUT2D eigenvalue weighted by molar-refractivity contribution is -0.379. The molecular weight excluding hydrogens is 1190 g/mol. The summed E-state index contributed by atoms with van der Waals surface area (Å²) in [6.07, 6.45) is 40.1. The van der Waals surface area contributed by atoms with E-state index in [1.165, 1.54) is 218 Å². The summed E-state index contributed by atoms with van der Waals surface area (Å²) in [6.45, 7) is 1.73. The SMILES string of the molecule is CCCCCCCC/C=C/CC/C=C/CC/C=C/C(O)C(COC1OC(CO)C(OC2OC(CO)C(OC3OC(CO)C(O)C(O)C3O)C(O)C2O)C(O)C1O)NC(=O)CCCCCCCCCCCCCCCCCCCCCCCCCCCCCCCCCC. The van der Waals surface area contributed by atoms with Gasteiger partial charge < -0.3 is 89.9 Å². The number of aliphatic hydroxyl groups excluding tert-OH is 11. The molecule has 3 rings (SSSR count). The Labute approximate surface area is 561 Å². The van der Waals surface area contributed by atoms with Crippen LogP contribution in [0.1, 0.15) is 296 Å². The second-order valence-corrected chi connectivity index (χ2v) is 27.1. The fourth-order valence-electron chi connectivity index (χ4n) is 12.8. The van der Waals surface area contributed by atoms with Crippen LogP contribution >= 0.6 is 0 Å². The number of rotatable bonds is 59. The summed E-state index contributed by atoms with van der Waals surface area (Å²) in [6, 6.07) is -0.994. The first kappa shape index (κ1) is 85.2. The molecule has 17 atom stereocenters. The van der Waals surface area contributed by atoms with Gasteiger partial charge in [0.15, 0.2) is 18.9 Å². The Hall–Kier alpha value is -1.99. The average molecular weight is 1330 g/mol. The predicted octanol–water partition coefficient (Wildman–Crippen LogP) is 11.2. The Morgan fingerprint density at radius 3 is 1.08 bits per heavy atom. The highest BCUT2D eigenvalue weighted by atomic mass is 16.8. The van der Waals surface area contributed by atoms with Crippen molar-refractivity contribution in [2.75, 3.05) is 26.4 Å². The van der Waals surface area contributed by atoms with E-state index in [0.29, 0.717) is 12.8 Å². The third kappa shape index (κ3) is 37.1. The van der Waals surface area contributed by atoms with Crippen molar-refractivity contribution in [2.24, 2.45) is 0 Å². The van der Waals surface area contributed by atoms with Gasteiger partial charge in [0.2, 0.25) is 5.91 Å². The van der Waals surface area contributed by atoms with E-state index in [4.69, 9.17) is 28.4 Å². The van der Waals surface area contributed by atoms with Crippen LogP contribution in [-0.2, 0) is 33.2 Å². The van der Waals surface area contributed by atoms with Gasteiger partial charge in [0.1, 0.15) is 73.2 Å². The maximum absolute atomic E-state index is 13.4. The van der Waals surface area contributed by atoms with E-state index < -0.39 is 124 Å². The molecule has 3 fully saturated rings. The lowest BCUT2D eigenvalue weighted by Crippen LogP contribution is -2.66. The first-order valence-corrected chi connectivity index (χ1v) is 37.7. The minimum Gasteiger partial charge on any atom is -0.394 e. The topological polar surface area (TPSA) is 307 Å². The first-order valence-electron chi connectivity index (χ1n) is 37.7. The van der Waals surface area contributed by atoms with Crippen molar-refractivity contribution in [2.45, 2.75) is 401 Å². The van der Waals surface area contributed by atoms with Crippen molar-refractivity contribution >= 4 is 5.91 Å². The lowest BCUT2D eigenvalue weighted by atomic mass is 9.96. The number of nitrogens with one attached hydrogen (secondary N) is 1. The van der Waals surface area contributed by atoms with Gasteiger partial charge in [-0.05, 0) is 44.9 Å². The van der Waals surface area contributed by atoms with Gasteiger partial charge in [-0.3, -0.25) is 4.79 Å². The van der Waals surface area contributed by atoms with Gasteiger partial charge in [-0.15, -0.1) is 0 Å². The molecule has 0 aromatic rings. The summed E-state index contributed by atoms with van der Waals surface area (Å²) < 4.78 is 34.3. The Bertz CT molecular complexity index is 1830. The zero-order valence-electron chi connectivity index (χ0n) is 58.0. The van der Waals surface area contributed by atoms with E-state index in [1.807, 2.05) is 6.08 Å². The zero-order valence-corrected chi connectivity index (χ0v) is 58.0. The highest BCUT2D eigenvalue weighted by Gasteiger charge is 2.53. The number of carbonyl (C=O) groups is 1. The van der Waals surface area contributed by atoms with Crippen molar-refractivity contribution in [3.05, 3.63) is 36.5 Å². The molecule has 3 aliphatic heterocycles. The van der Waals surface area contributed by atoms with E-state index in [-0.39, 0.29) is 18.9 Å². The number of aliphatic hydroxyl groups is 11. The molecule has 19 nitrogen and oxygen atoms in total. The summed E-state index contributed by atoms with van der Waals surface area (Å²) in [5, 5.41) is 121. The Kier molecular flexibility index (Phi) is 51.2. The van der Waals surface area contributed by atoms with Crippen LogP contribution in [0.2, 0.25) is 0 Å². The summed E-state index contributed by atoms with van der Waals surface area (Å²) in [7, 11) is 0. The second kappa shape index (κ2) is 55.8. The molecule has 12 N–H and O–H groups in total. The van der Waals surface area contributed by atoms with Gasteiger partial charge in [-0.2, -0.15) is 0 Å². The molecule has 0 aromatic carbocycles. The number of allylic oxidation sites excluding steroid dienone is 5. The standard InChI is InChI=1S/C74H137NO18/c1-3-5-7-9-11-13-15-17-19-21-22-23-24-25-26-27-28-29-30-31-32-33-34-35-36-38-40-42-44-46-48-50-52-62(80)75-57(58(79)51-49-47-45-43-41-39-37-20-18-16-14-12-10-8-6-4-2)56-88-72-68(86)65(83)70(60(54-77)90-72)93-74-69(87)66(84)71(61(55-78)91-74)92-73-67(85)64(82)63(81)59(53-76)89-73/h18,20,41,43,49,51,57-61,63-74,76-79,81-87H,3-17,19,21-40,42,44-48,50,52-56H2,1-2H3,(H,75,80)/b20-18+,43-41+,51-49+. The number of amides is 1. The monoisotopic (exact) mass is 1330 g/mol. The van der Waals surface area contributed by atoms with Crippen molar-refractivity contribution in [3.63, 3.8) is 0 Å². The number of unbranched alkanes of at least 4 members (excludes halogenated alkanes) is 39. The fraction of sp³-hybridized carbons (Fsp3) is 0.905. The van der Waals surface area contributed by atoms with E-state index >= 15 is 0 Å². The zero-order chi connectivity index (χ0) is 67.5. The molecule has 0 spiro atoms. The minimum atomic E-state index is -1.98. The first-order chi connectivity index (χ1) is 45.3. The molecule has 19 heteroatoms. The summed E-state index contributed by atoms with van der Waals surface area (Å²) in [4.78, 5) is 13.4. The maximum Gasteiger partial charge on any atom is 0.220 e. The van der Waals surface area contributed by atoms with Crippen LogP contribution < -0.4 is 5.32 Å². The van der Waals surface area contributed by atoms with Crippen molar-refractivity contribution in [1.29, 1.82) is 0 Å². The van der Waals surface area contributed by atoms with Gasteiger partial charge in [0, 0.05) is 6.42 Å². The highest BCUT2D eigenvalue weighted by Crippen LogP contribution is 2.33. The van der Waals surface area contributed by atoms with Gasteiger partial charge >= 0.3 is 0 Å². The van der Waals surface area contributed by atoms with Crippen LogP contribution in [0.5, 0.6) is 0 Å². The second-order valence-electron chi connectivity index (χ2n) is 27.1. The van der Waals surface area contributed by atoms with Gasteiger partial charge in [0.25, 0.3) is 0 Å². The maximum atomic E-state index is 13.4. The highest BCUT2D eigenvalue weighted by molar-refractivity contribution is 5.76. The van der Waals surface area contributed by atoms with Gasteiger partial charge in [-0.25, -0.2) is 0 Å². The van der Waals surface area contributed by atoms with Gasteiger partial charge in [0.05, 0.1) is 38.6 Å². The molecule has 3 heterocycles. The molecule has 0 aromatic heterocycles. The van der Waals surface area contributed by atoms with E-state index in [1.54, 1.807) is 6.08 Å². The van der Waals surface area contributed by atoms with E-state index in [2.05, 4.69) is 43.5 Å². The minimum absolute atomic E-state index is 0.236. The van der Waals surface area contributed by atoms with Crippen LogP contribution in [0.4, 0.5) is 0 Å². The predicted molar refractivity (Wildman–Crippen MR) is 365 cm³/mol. The Balaban J connectivity index is 1.36. The molecule has 0 bridgehead atoms. The normalized spacial score (nSPS) is 27.7. The Morgan fingerprint density at radius 1 is 0.376 bits per heavy atom. The molecule has 546 valence electrons. The average Bonchev–Trinajstić information content (AvgIpc) is 0.994. The largest absolute Gasteiger partial charge is 0.394 e. The number of carbonyl (C=O) groups excluding carboxylic acids is 1. The van der Waals surface area contributed by atoms with Crippen molar-refractivity contribution in [1.82, 2.24) is 5.32 Å². The quantitative estimate of drug-likeness (QED) is 0.0199. The molecule has 0 aliphatic carbocycles. The fourth-order valence-corrected chi connectivity index (χ4v) is 12.8. The molecule has 3 aliphatic rings. The van der Waals surface area contributed by atoms with Crippen LogP contribution in [0.25, 0.3) is 0 Å². The van der Waals surface area contributed by atoms with Crippen molar-refractivity contribution in [3.8, 4) is 0 Å². The third-order valence-corrected chi connectivity index (χ3v) is 18.9. The van der Waals surface area contributed by atoms with Crippen LogP contribution in [0.15, 0.2) is 36.5 Å². The molecular formula is C74H137NO18. The van der Waals surface area contributed by atoms with Crippen molar-refractivity contribution < 1.29 is 89.4 Å². The summed E-state index contributed by atoms with van der Waals surface area (Å²) in [5.74, 6) is -0.285. The molecule has 17 unspecified atom stereocenters. The van der Waals surface area contributed by atoms with Gasteiger partial charge in [-0.1, -0.05) is 281 Å². The molecule has 93 heavy (non-hydrogen) atoms. The molecule has 0 radical (unpaired) electrons. The lowest BCUT2D eigenvalue weighted by Gasteiger charge is -2.48. The third-order valence-electron chi connectivity index (χ3n) is 18.9. The number of ether oxygens (including phenoxy) is 6. The molecule has 0 saturated carbocycles.